The normalized spacial score (nSPS) is 23.9. The van der Waals surface area contributed by atoms with E-state index in [4.69, 9.17) is 9.57 Å². The van der Waals surface area contributed by atoms with E-state index in [0.717, 1.165) is 5.56 Å². The van der Waals surface area contributed by atoms with Crippen molar-refractivity contribution in [1.82, 2.24) is 25.7 Å². The molecule has 4 rings (SSSR count). The van der Waals surface area contributed by atoms with E-state index < -0.39 is 35.6 Å². The highest BCUT2D eigenvalue weighted by atomic mass is 16.7. The van der Waals surface area contributed by atoms with Crippen LogP contribution in [0.3, 0.4) is 0 Å². The number of carbonyl (C=O) groups excluding carboxylic acids is 4. The average Bonchev–Trinajstić information content (AvgIpc) is 3.40. The van der Waals surface area contributed by atoms with Gasteiger partial charge >= 0.3 is 12.1 Å². The summed E-state index contributed by atoms with van der Waals surface area (Å²) in [5.74, 6) is -0.965. The summed E-state index contributed by atoms with van der Waals surface area (Å²) in [5, 5.41) is 1.36. The smallest absolute Gasteiger partial charge is 0.410 e. The number of carbonyl (C=O) groups is 4. The predicted molar refractivity (Wildman–Crippen MR) is 124 cm³/mol. The zero-order chi connectivity index (χ0) is 25.2. The van der Waals surface area contributed by atoms with E-state index in [0.29, 0.717) is 38.8 Å². The zero-order valence-electron chi connectivity index (χ0n) is 20.4. The summed E-state index contributed by atoms with van der Waals surface area (Å²) in [6.45, 7) is 6.34. The van der Waals surface area contributed by atoms with Gasteiger partial charge in [-0.3, -0.25) is 30.2 Å². The number of hydrazine groups is 1. The van der Waals surface area contributed by atoms with Gasteiger partial charge in [0, 0.05) is 13.1 Å². The van der Waals surface area contributed by atoms with E-state index in [1.165, 1.54) is 14.9 Å². The van der Waals surface area contributed by atoms with Gasteiger partial charge in [-0.25, -0.2) is 9.59 Å². The molecule has 2 bridgehead atoms. The SMILES string of the molecule is CC(C)(C)OC(=O)N1CCCC1C(=O)NNC(=O)[C@@H]1CC[C@@H]2CN1C(=O)N2OCc1ccccc1. The van der Waals surface area contributed by atoms with Gasteiger partial charge in [-0.1, -0.05) is 30.3 Å². The Bertz CT molecular complexity index is 965. The Morgan fingerprint density at radius 3 is 2.37 bits per heavy atom. The van der Waals surface area contributed by atoms with Crippen molar-refractivity contribution >= 4 is 23.9 Å². The van der Waals surface area contributed by atoms with Gasteiger partial charge in [0.1, 0.15) is 24.3 Å². The number of hydrogen-bond acceptors (Lipinski definition) is 6. The number of amides is 5. The van der Waals surface area contributed by atoms with Crippen LogP contribution in [0.1, 0.15) is 52.0 Å². The second-order valence-electron chi connectivity index (χ2n) is 10.1. The molecule has 0 radical (unpaired) electrons. The lowest BCUT2D eigenvalue weighted by Crippen LogP contribution is -2.57. The van der Waals surface area contributed by atoms with Crippen LogP contribution in [0.2, 0.25) is 0 Å². The monoisotopic (exact) mass is 487 g/mol. The number of likely N-dealkylation sites (tertiary alicyclic amines) is 1. The second-order valence-corrected chi connectivity index (χ2v) is 10.1. The molecule has 3 saturated heterocycles. The number of ether oxygens (including phenoxy) is 1. The standard InChI is InChI=1S/C24H33N5O6/c1-24(2,3)35-23(33)27-13-7-10-18(27)20(30)25-26-21(31)19-12-11-17-14-28(19)22(32)29(17)34-15-16-8-5-4-6-9-16/h4-6,8-9,17-19H,7,10-15H2,1-3H3,(H,25,30)(H,26,31)/t17-,18?,19+/m1/s1. The van der Waals surface area contributed by atoms with Crippen molar-refractivity contribution in [1.29, 1.82) is 0 Å². The number of benzene rings is 1. The Labute approximate surface area is 204 Å². The molecular weight excluding hydrogens is 454 g/mol. The zero-order valence-corrected chi connectivity index (χ0v) is 20.4. The van der Waals surface area contributed by atoms with Crippen LogP contribution in [0.15, 0.2) is 30.3 Å². The van der Waals surface area contributed by atoms with Crippen molar-refractivity contribution in [3.05, 3.63) is 35.9 Å². The van der Waals surface area contributed by atoms with Crippen LogP contribution in [0.25, 0.3) is 0 Å². The number of piperidine rings is 1. The Morgan fingerprint density at radius 1 is 1.00 bits per heavy atom. The number of nitrogens with zero attached hydrogens (tertiary/aromatic N) is 3. The number of rotatable bonds is 5. The molecule has 2 N–H and O–H groups in total. The second kappa shape index (κ2) is 10.1. The summed E-state index contributed by atoms with van der Waals surface area (Å²) < 4.78 is 5.38. The van der Waals surface area contributed by atoms with Gasteiger partial charge in [-0.2, -0.15) is 5.06 Å². The van der Waals surface area contributed by atoms with Gasteiger partial charge in [0.05, 0.1) is 6.04 Å². The van der Waals surface area contributed by atoms with Crippen molar-refractivity contribution in [3.8, 4) is 0 Å². The third-order valence-electron chi connectivity index (χ3n) is 6.33. The molecular formula is C24H33N5O6. The maximum absolute atomic E-state index is 12.9. The van der Waals surface area contributed by atoms with E-state index in [-0.39, 0.29) is 18.7 Å². The summed E-state index contributed by atoms with van der Waals surface area (Å²) in [5.41, 5.74) is 5.15. The summed E-state index contributed by atoms with van der Waals surface area (Å²) in [6.07, 6.45) is 1.65. The van der Waals surface area contributed by atoms with Gasteiger partial charge in [0.25, 0.3) is 11.8 Å². The fraction of sp³-hybridized carbons (Fsp3) is 0.583. The van der Waals surface area contributed by atoms with Gasteiger partial charge in [-0.05, 0) is 52.0 Å². The molecule has 3 fully saturated rings. The highest BCUT2D eigenvalue weighted by Crippen LogP contribution is 2.30. The third-order valence-corrected chi connectivity index (χ3v) is 6.33. The van der Waals surface area contributed by atoms with Crippen molar-refractivity contribution < 1.29 is 28.8 Å². The van der Waals surface area contributed by atoms with Crippen molar-refractivity contribution in [3.63, 3.8) is 0 Å². The highest BCUT2D eigenvalue weighted by molar-refractivity contribution is 5.91. The van der Waals surface area contributed by atoms with E-state index >= 15 is 0 Å². The fourth-order valence-electron chi connectivity index (χ4n) is 4.66. The predicted octanol–water partition coefficient (Wildman–Crippen LogP) is 1.93. The molecule has 11 nitrogen and oxygen atoms in total. The quantitative estimate of drug-likeness (QED) is 0.613. The van der Waals surface area contributed by atoms with Crippen molar-refractivity contribution in [2.24, 2.45) is 0 Å². The molecule has 0 aromatic heterocycles. The average molecular weight is 488 g/mol. The Balaban J connectivity index is 1.29. The minimum Gasteiger partial charge on any atom is -0.444 e. The minimum atomic E-state index is -0.726. The van der Waals surface area contributed by atoms with Crippen molar-refractivity contribution in [2.75, 3.05) is 13.1 Å². The number of hydroxylamine groups is 2. The highest BCUT2D eigenvalue weighted by Gasteiger charge is 2.48. The molecule has 0 aliphatic carbocycles. The lowest BCUT2D eigenvalue weighted by molar-refractivity contribution is -0.140. The van der Waals surface area contributed by atoms with Crippen molar-refractivity contribution in [2.45, 2.75) is 76.8 Å². The maximum atomic E-state index is 12.9. The summed E-state index contributed by atoms with van der Waals surface area (Å²) in [6, 6.07) is 7.63. The summed E-state index contributed by atoms with van der Waals surface area (Å²) in [7, 11) is 0. The number of nitrogens with one attached hydrogen (secondary N) is 2. The molecule has 3 heterocycles. The Hall–Kier alpha value is -3.34. The van der Waals surface area contributed by atoms with E-state index in [1.807, 2.05) is 30.3 Å². The number of hydrogen-bond donors (Lipinski definition) is 2. The van der Waals surface area contributed by atoms with E-state index in [1.54, 1.807) is 20.8 Å². The molecule has 35 heavy (non-hydrogen) atoms. The molecule has 0 saturated carbocycles. The van der Waals surface area contributed by atoms with Crippen LogP contribution in [0.4, 0.5) is 9.59 Å². The van der Waals surface area contributed by atoms with Gasteiger partial charge in [-0.15, -0.1) is 0 Å². The Morgan fingerprint density at radius 2 is 1.69 bits per heavy atom. The first-order valence-corrected chi connectivity index (χ1v) is 12.0. The molecule has 3 atom stereocenters. The lowest BCUT2D eigenvalue weighted by Gasteiger charge is -2.30. The van der Waals surface area contributed by atoms with Gasteiger partial charge < -0.3 is 9.64 Å². The van der Waals surface area contributed by atoms with Crippen LogP contribution in [-0.2, 0) is 25.8 Å². The van der Waals surface area contributed by atoms with Gasteiger partial charge in [0.15, 0.2) is 0 Å². The summed E-state index contributed by atoms with van der Waals surface area (Å²) in [4.78, 5) is 59.5. The first-order valence-electron chi connectivity index (χ1n) is 12.0. The maximum Gasteiger partial charge on any atom is 0.410 e. The molecule has 1 unspecified atom stereocenters. The molecule has 0 spiro atoms. The molecule has 11 heteroatoms. The van der Waals surface area contributed by atoms with E-state index in [9.17, 15) is 19.2 Å². The molecule has 5 amide bonds. The third kappa shape index (κ3) is 5.67. The van der Waals surface area contributed by atoms with Crippen LogP contribution in [-0.4, -0.2) is 75.6 Å². The number of fused-ring (bicyclic) bond motifs is 2. The summed E-state index contributed by atoms with van der Waals surface area (Å²) >= 11 is 0. The van der Waals surface area contributed by atoms with Gasteiger partial charge in [0.2, 0.25) is 0 Å². The minimum absolute atomic E-state index is 0.120. The van der Waals surface area contributed by atoms with E-state index in [2.05, 4.69) is 10.9 Å². The molecule has 3 aliphatic rings. The Kier molecular flexibility index (Phi) is 7.15. The van der Waals surface area contributed by atoms with Crippen LogP contribution in [0, 0.1) is 0 Å². The topological polar surface area (TPSA) is 121 Å². The lowest BCUT2D eigenvalue weighted by atomic mass is 10.0. The molecule has 1 aromatic rings. The fourth-order valence-corrected chi connectivity index (χ4v) is 4.66. The first kappa shape index (κ1) is 24.8. The number of urea groups is 1. The van der Waals surface area contributed by atoms with Crippen LogP contribution in [0.5, 0.6) is 0 Å². The van der Waals surface area contributed by atoms with Crippen LogP contribution >= 0.6 is 0 Å². The molecule has 190 valence electrons. The largest absolute Gasteiger partial charge is 0.444 e. The van der Waals surface area contributed by atoms with Crippen LogP contribution < -0.4 is 10.9 Å². The molecule has 1 aromatic carbocycles. The molecule has 3 aliphatic heterocycles. The first-order chi connectivity index (χ1) is 16.6.